The number of hydrogen-bond donors (Lipinski definition) is 1. The summed E-state index contributed by atoms with van der Waals surface area (Å²) in [7, 11) is 0. The summed E-state index contributed by atoms with van der Waals surface area (Å²) in [5, 5.41) is 11.2. The average molecular weight is 346 g/mol. The Morgan fingerprint density at radius 2 is 2.04 bits per heavy atom. The number of aryl methyl sites for hydroxylation is 1. The van der Waals surface area contributed by atoms with Crippen LogP contribution in [-0.2, 0) is 24.2 Å². The van der Waals surface area contributed by atoms with Crippen molar-refractivity contribution in [3.63, 3.8) is 0 Å². The fourth-order valence-electron chi connectivity index (χ4n) is 3.78. The van der Waals surface area contributed by atoms with Gasteiger partial charge in [0.2, 0.25) is 5.91 Å². The molecular weight excluding hydrogens is 326 g/mol. The Balaban J connectivity index is 1.31. The lowest BCUT2D eigenvalue weighted by Crippen LogP contribution is -2.45. The highest BCUT2D eigenvalue weighted by Crippen LogP contribution is 2.38. The van der Waals surface area contributed by atoms with E-state index in [9.17, 15) is 13.6 Å². The molecule has 0 unspecified atom stereocenters. The van der Waals surface area contributed by atoms with Crippen LogP contribution < -0.4 is 5.32 Å². The molecule has 5 nitrogen and oxygen atoms in total. The molecule has 1 amide bonds. The quantitative estimate of drug-likeness (QED) is 0.925. The van der Waals surface area contributed by atoms with Gasteiger partial charge in [0.05, 0.1) is 11.4 Å². The predicted octanol–water partition coefficient (Wildman–Crippen LogP) is 2.50. The van der Waals surface area contributed by atoms with Gasteiger partial charge >= 0.3 is 0 Å². The van der Waals surface area contributed by atoms with Gasteiger partial charge in [-0.3, -0.25) is 4.79 Å². The van der Waals surface area contributed by atoms with Gasteiger partial charge in [0.25, 0.3) is 0 Å². The van der Waals surface area contributed by atoms with Crippen molar-refractivity contribution in [2.45, 2.75) is 57.0 Å². The van der Waals surface area contributed by atoms with E-state index in [0.29, 0.717) is 18.4 Å². The number of carbonyl (C=O) groups excluding carboxylic acids is 1. The maximum Gasteiger partial charge on any atom is 0.242 e. The SMILES string of the molecule is O=C(Cn1nnc2c1CCCC2)NC1CC(c2ccc(F)cc2F)C1. The molecule has 4 rings (SSSR count). The third-order valence-electron chi connectivity index (χ3n) is 5.19. The number of carbonyl (C=O) groups is 1. The van der Waals surface area contributed by atoms with Crippen molar-refractivity contribution in [2.75, 3.05) is 0 Å². The number of nitrogens with zero attached hydrogens (tertiary/aromatic N) is 3. The summed E-state index contributed by atoms with van der Waals surface area (Å²) in [4.78, 5) is 12.2. The molecule has 2 aliphatic carbocycles. The number of hydrogen-bond acceptors (Lipinski definition) is 3. The van der Waals surface area contributed by atoms with E-state index in [-0.39, 0.29) is 24.4 Å². The first-order chi connectivity index (χ1) is 12.1. The van der Waals surface area contributed by atoms with Gasteiger partial charge < -0.3 is 5.32 Å². The molecule has 1 saturated carbocycles. The summed E-state index contributed by atoms with van der Waals surface area (Å²) >= 11 is 0. The monoisotopic (exact) mass is 346 g/mol. The molecule has 2 aliphatic rings. The standard InChI is InChI=1S/C18H20F2N4O/c19-12-5-6-14(15(20)9-12)11-7-13(8-11)21-18(25)10-24-17-4-2-1-3-16(17)22-23-24/h5-6,9,11,13H,1-4,7-8,10H2,(H,21,25). The van der Waals surface area contributed by atoms with Crippen molar-refractivity contribution >= 4 is 5.91 Å². The first kappa shape index (κ1) is 16.2. The molecule has 2 aromatic rings. The predicted molar refractivity (Wildman–Crippen MR) is 86.9 cm³/mol. The zero-order valence-electron chi connectivity index (χ0n) is 13.8. The lowest BCUT2D eigenvalue weighted by atomic mass is 9.75. The van der Waals surface area contributed by atoms with E-state index in [2.05, 4.69) is 15.6 Å². The van der Waals surface area contributed by atoms with E-state index in [1.807, 2.05) is 0 Å². The highest BCUT2D eigenvalue weighted by Gasteiger charge is 2.33. The van der Waals surface area contributed by atoms with E-state index in [1.54, 1.807) is 4.68 Å². The van der Waals surface area contributed by atoms with Crippen molar-refractivity contribution < 1.29 is 13.6 Å². The molecule has 0 spiro atoms. The maximum atomic E-state index is 13.8. The van der Waals surface area contributed by atoms with E-state index in [4.69, 9.17) is 0 Å². The third-order valence-corrected chi connectivity index (χ3v) is 5.19. The third kappa shape index (κ3) is 3.27. The first-order valence-corrected chi connectivity index (χ1v) is 8.75. The Labute approximate surface area is 144 Å². The molecule has 0 atom stereocenters. The van der Waals surface area contributed by atoms with E-state index in [0.717, 1.165) is 43.1 Å². The molecule has 132 valence electrons. The van der Waals surface area contributed by atoms with Crippen LogP contribution in [0.15, 0.2) is 18.2 Å². The summed E-state index contributed by atoms with van der Waals surface area (Å²) in [6.45, 7) is 0.175. The Morgan fingerprint density at radius 3 is 2.84 bits per heavy atom. The minimum absolute atomic E-state index is 0.0290. The number of nitrogens with one attached hydrogen (secondary N) is 1. The number of halogens is 2. The second kappa shape index (κ2) is 6.54. The van der Waals surface area contributed by atoms with Gasteiger partial charge in [-0.25, -0.2) is 13.5 Å². The van der Waals surface area contributed by atoms with Crippen LogP contribution in [0, 0.1) is 11.6 Å². The van der Waals surface area contributed by atoms with Crippen LogP contribution in [0.25, 0.3) is 0 Å². The van der Waals surface area contributed by atoms with Gasteiger partial charge in [0.1, 0.15) is 18.2 Å². The number of aromatic nitrogens is 3. The van der Waals surface area contributed by atoms with Crippen LogP contribution in [0.5, 0.6) is 0 Å². The molecule has 7 heteroatoms. The largest absolute Gasteiger partial charge is 0.352 e. The number of fused-ring (bicyclic) bond motifs is 1. The Kier molecular flexibility index (Phi) is 4.23. The molecule has 1 aromatic carbocycles. The number of amides is 1. The van der Waals surface area contributed by atoms with Crippen LogP contribution in [0.1, 0.15) is 48.6 Å². The Morgan fingerprint density at radius 1 is 1.24 bits per heavy atom. The second-order valence-corrected chi connectivity index (χ2v) is 6.95. The van der Waals surface area contributed by atoms with E-state index < -0.39 is 11.6 Å². The van der Waals surface area contributed by atoms with E-state index in [1.165, 1.54) is 12.1 Å². The summed E-state index contributed by atoms with van der Waals surface area (Å²) in [6.07, 6.45) is 5.43. The zero-order chi connectivity index (χ0) is 17.4. The lowest BCUT2D eigenvalue weighted by Gasteiger charge is -2.36. The van der Waals surface area contributed by atoms with Crippen molar-refractivity contribution in [3.8, 4) is 0 Å². The normalized spacial score (nSPS) is 22.2. The second-order valence-electron chi connectivity index (χ2n) is 6.95. The van der Waals surface area contributed by atoms with Gasteiger partial charge in [0, 0.05) is 12.1 Å². The smallest absolute Gasteiger partial charge is 0.242 e. The van der Waals surface area contributed by atoms with Crippen molar-refractivity contribution in [1.29, 1.82) is 0 Å². The van der Waals surface area contributed by atoms with Gasteiger partial charge in [-0.2, -0.15) is 0 Å². The van der Waals surface area contributed by atoms with E-state index >= 15 is 0 Å². The molecule has 25 heavy (non-hydrogen) atoms. The number of rotatable bonds is 4. The molecular formula is C18H20F2N4O. The van der Waals surface area contributed by atoms with Crippen molar-refractivity contribution in [2.24, 2.45) is 0 Å². The fourth-order valence-corrected chi connectivity index (χ4v) is 3.78. The topological polar surface area (TPSA) is 59.8 Å². The molecule has 1 heterocycles. The summed E-state index contributed by atoms with van der Waals surface area (Å²) in [5.41, 5.74) is 2.60. The Hall–Kier alpha value is -2.31. The lowest BCUT2D eigenvalue weighted by molar-refractivity contribution is -0.123. The van der Waals surface area contributed by atoms with Crippen LogP contribution >= 0.6 is 0 Å². The van der Waals surface area contributed by atoms with Crippen LogP contribution in [0.2, 0.25) is 0 Å². The van der Waals surface area contributed by atoms with Gasteiger partial charge in [-0.1, -0.05) is 11.3 Å². The molecule has 1 N–H and O–H groups in total. The minimum Gasteiger partial charge on any atom is -0.352 e. The van der Waals surface area contributed by atoms with Crippen molar-refractivity contribution in [3.05, 3.63) is 46.8 Å². The van der Waals surface area contributed by atoms with Crippen molar-refractivity contribution in [1.82, 2.24) is 20.3 Å². The number of benzene rings is 1. The molecule has 0 aliphatic heterocycles. The minimum atomic E-state index is -0.568. The highest BCUT2D eigenvalue weighted by atomic mass is 19.1. The molecule has 1 fully saturated rings. The molecule has 0 radical (unpaired) electrons. The van der Waals surface area contributed by atoms with Gasteiger partial charge in [-0.05, 0) is 56.1 Å². The average Bonchev–Trinajstić information content (AvgIpc) is 2.95. The molecule has 1 aromatic heterocycles. The molecule has 0 saturated heterocycles. The zero-order valence-corrected chi connectivity index (χ0v) is 13.8. The van der Waals surface area contributed by atoms with Gasteiger partial charge in [0.15, 0.2) is 0 Å². The Bertz CT molecular complexity index is 798. The maximum absolute atomic E-state index is 13.8. The summed E-state index contributed by atoms with van der Waals surface area (Å²) in [6, 6.07) is 3.71. The fraction of sp³-hybridized carbons (Fsp3) is 0.500. The first-order valence-electron chi connectivity index (χ1n) is 8.75. The van der Waals surface area contributed by atoms with Crippen LogP contribution in [0.3, 0.4) is 0 Å². The summed E-state index contributed by atoms with van der Waals surface area (Å²) < 4.78 is 28.4. The van der Waals surface area contributed by atoms with Crippen LogP contribution in [-0.4, -0.2) is 26.9 Å². The van der Waals surface area contributed by atoms with Gasteiger partial charge in [-0.15, -0.1) is 5.10 Å². The summed E-state index contributed by atoms with van der Waals surface area (Å²) in [5.74, 6) is -1.14. The van der Waals surface area contributed by atoms with Crippen LogP contribution in [0.4, 0.5) is 8.78 Å². The highest BCUT2D eigenvalue weighted by molar-refractivity contribution is 5.76. The molecule has 0 bridgehead atoms.